The zero-order valence-electron chi connectivity index (χ0n) is 70.9. The zero-order valence-corrected chi connectivity index (χ0v) is 76.6. The summed E-state index contributed by atoms with van der Waals surface area (Å²) in [4.78, 5) is 6.21. The maximum absolute atomic E-state index is 15.1. The topological polar surface area (TPSA) is 251 Å². The van der Waals surface area contributed by atoms with Gasteiger partial charge >= 0.3 is 51.4 Å². The van der Waals surface area contributed by atoms with E-state index in [0.717, 1.165) is 210 Å². The minimum atomic E-state index is -7.13. The zero-order chi connectivity index (χ0) is 91.9. The molecule has 0 radical (unpaired) electrons. The molecular formula is C92H107F11NO16S7+. The summed E-state index contributed by atoms with van der Waals surface area (Å²) < 4.78 is 308. The van der Waals surface area contributed by atoms with Gasteiger partial charge in [0.2, 0.25) is 0 Å². The van der Waals surface area contributed by atoms with Crippen molar-refractivity contribution in [3.63, 3.8) is 0 Å². The highest BCUT2D eigenvalue weighted by Gasteiger charge is 2.83. The van der Waals surface area contributed by atoms with Crippen molar-refractivity contribution in [3.05, 3.63) is 225 Å². The fourth-order valence-electron chi connectivity index (χ4n) is 17.7. The van der Waals surface area contributed by atoms with Crippen LogP contribution in [0.4, 0.5) is 48.3 Å². The van der Waals surface area contributed by atoms with Crippen LogP contribution in [0.15, 0.2) is 199 Å². The molecular weight excluding hydrogens is 1810 g/mol. The van der Waals surface area contributed by atoms with Crippen LogP contribution in [0.3, 0.4) is 0 Å². The highest BCUT2D eigenvalue weighted by atomic mass is 32.3. The van der Waals surface area contributed by atoms with Gasteiger partial charge in [-0.1, -0.05) is 158 Å². The van der Waals surface area contributed by atoms with Gasteiger partial charge in [-0.25, -0.2) is 30.0 Å². The third-order valence-electron chi connectivity index (χ3n) is 24.2. The van der Waals surface area contributed by atoms with Gasteiger partial charge in [0.25, 0.3) is 0 Å². The van der Waals surface area contributed by atoms with Gasteiger partial charge < -0.3 is 26.7 Å². The van der Waals surface area contributed by atoms with E-state index in [-0.39, 0.29) is 80.7 Å². The first-order valence-electron chi connectivity index (χ1n) is 42.7. The smallest absolute Gasteiger partial charge is 0.465 e. The van der Waals surface area contributed by atoms with E-state index in [9.17, 15) is 81.6 Å². The molecule has 0 bridgehead atoms. The van der Waals surface area contributed by atoms with Crippen LogP contribution in [0.1, 0.15) is 262 Å². The van der Waals surface area contributed by atoms with Gasteiger partial charge in [0.1, 0.15) is 46.2 Å². The number of rotatable bonds is 27. The van der Waals surface area contributed by atoms with Gasteiger partial charge in [-0.05, 0) is 255 Å². The van der Waals surface area contributed by atoms with Crippen molar-refractivity contribution in [1.82, 2.24) is 0 Å². The second-order valence-corrected chi connectivity index (χ2v) is 45.5. The Hall–Kier alpha value is -7.64. The molecule has 0 atom stereocenters. The minimum Gasteiger partial charge on any atom is -0.497 e. The average molecular weight is 1920 g/mol. The molecule has 6 aliphatic rings. The lowest BCUT2D eigenvalue weighted by Gasteiger charge is -2.33. The predicted molar refractivity (Wildman–Crippen MR) is 468 cm³/mol. The molecule has 1 N–H and O–H groups in total. The van der Waals surface area contributed by atoms with Crippen LogP contribution in [0.5, 0.6) is 28.7 Å². The molecule has 694 valence electrons. The van der Waals surface area contributed by atoms with Crippen LogP contribution in [0, 0.1) is 17.5 Å². The highest BCUT2D eigenvalue weighted by molar-refractivity contribution is 8.18. The third kappa shape index (κ3) is 24.4. The summed E-state index contributed by atoms with van der Waals surface area (Å²) in [7, 11) is -27.1. The Morgan fingerprint density at radius 2 is 0.583 bits per heavy atom. The lowest BCUT2D eigenvalue weighted by atomic mass is 9.75. The summed E-state index contributed by atoms with van der Waals surface area (Å²) in [6.45, 7) is 0. The number of alkyl halides is 8. The molecule has 0 saturated heterocycles. The van der Waals surface area contributed by atoms with Crippen molar-refractivity contribution in [2.24, 2.45) is 0 Å². The highest BCUT2D eigenvalue weighted by Crippen LogP contribution is 2.55. The summed E-state index contributed by atoms with van der Waals surface area (Å²) in [5.41, 5.74) is 3.58. The second-order valence-electron chi connectivity index (χ2n) is 33.0. The number of hydrogen-bond donors (Lipinski definition) is 1. The summed E-state index contributed by atoms with van der Waals surface area (Å²) in [6.07, 6.45) is 26.2. The number of nitrogens with zero attached hydrogens (tertiary/aromatic N) is 1. The SMILES string of the molecule is COc1cccc([S+](c2cccc(OC)c2)c2cccc(OC)c2)c1.CS(=O)(=O)[N-]S(=O)(=O)C(F)(F)S(=O)(=O)Oc1c(C2CCCCC2)cc(C2CCCCC2)cc1C1CCCCC1.Fc1ccc([S+](c2ccc(F)cc2)c2ccc(F)cc2)cc1.O=S(=O)(O)C(F)(F)C(F)(F)C(F)(F)S(=O)(=O)Oc1c(C2CCCCC2)cc(C2CCCCC2)cc1C1CCCCC1. The summed E-state index contributed by atoms with van der Waals surface area (Å²) in [6, 6.07) is 50.3. The molecule has 6 aliphatic carbocycles. The van der Waals surface area contributed by atoms with Crippen LogP contribution in [-0.2, 0) is 72.2 Å². The maximum atomic E-state index is 15.1. The van der Waals surface area contributed by atoms with Gasteiger partial charge in [0.15, 0.2) is 39.4 Å². The molecule has 0 aliphatic heterocycles. The summed E-state index contributed by atoms with van der Waals surface area (Å²) in [5.74, 6) is -6.66. The van der Waals surface area contributed by atoms with Crippen molar-refractivity contribution in [2.75, 3.05) is 27.6 Å². The Bertz CT molecular complexity index is 5310. The van der Waals surface area contributed by atoms with E-state index in [2.05, 4.69) is 40.5 Å². The van der Waals surface area contributed by atoms with E-state index >= 15 is 8.78 Å². The van der Waals surface area contributed by atoms with Gasteiger partial charge in [-0.2, -0.15) is 60.4 Å². The number of halogens is 11. The first kappa shape index (κ1) is 99.9. The quantitative estimate of drug-likeness (QED) is 0.0217. The van der Waals surface area contributed by atoms with E-state index in [0.29, 0.717) is 43.1 Å². The number of hydrogen-bond acceptors (Lipinski definition) is 15. The standard InChI is InChI=1S/C27H36F6O6S2.C26H38F2NO7S3.C21H21O3S.C18H12F3S/c28-25(29,26(30,31)40(34,35)36)27(32,33)41(37,38)39-24-22(19-12-6-2-7-13-19)16-21(18-10-4-1-5-11-18)17-23(24)20-14-8-3-9-15-20;1-37(30,31)29-38(32,33)26(27,28)39(34,35)36-25-23(20-13-7-3-8-14-20)17-22(19-11-5-2-6-12-19)18-24(25)21-15-9-4-10-16-21;1-22-16-7-4-10-19(13-16)25(20-11-5-8-17(14-20)23-2)21-12-6-9-18(15-21)24-3;19-13-1-7-16(8-2-13)22(17-9-3-14(20)4-10-17)18-11-5-15(21)6-12-18/h16-20H,1-15H2,(H,34,35,36);17-21H,2-16H2,1H3;4-15H,1-3H3;1-12H/q;-1;2*+1. The lowest BCUT2D eigenvalue weighted by Crippen LogP contribution is -2.61. The van der Waals surface area contributed by atoms with Gasteiger partial charge in [-0.15, -0.1) is 0 Å². The van der Waals surface area contributed by atoms with E-state index in [1.807, 2.05) is 48.5 Å². The van der Waals surface area contributed by atoms with Crippen LogP contribution < -0.4 is 22.6 Å². The number of methoxy groups -OCH3 is 3. The molecule has 6 fully saturated rings. The minimum absolute atomic E-state index is 0.110. The van der Waals surface area contributed by atoms with Crippen LogP contribution in [0.25, 0.3) is 4.13 Å². The fraction of sp³-hybridized carbons (Fsp3) is 0.478. The Morgan fingerprint density at radius 1 is 0.331 bits per heavy atom. The molecule has 0 spiro atoms. The molecule has 0 unspecified atom stereocenters. The first-order chi connectivity index (χ1) is 60.1. The molecule has 6 saturated carbocycles. The predicted octanol–water partition coefficient (Wildman–Crippen LogP) is 25.0. The Balaban J connectivity index is 0.000000169. The maximum Gasteiger partial charge on any atom is 0.465 e. The van der Waals surface area contributed by atoms with E-state index in [1.165, 1.54) is 51.1 Å². The second kappa shape index (κ2) is 43.2. The fourth-order valence-corrected chi connectivity index (χ4v) is 27.0. The molecule has 0 amide bonds. The van der Waals surface area contributed by atoms with Crippen molar-refractivity contribution < 1.29 is 118 Å². The molecule has 0 heterocycles. The molecule has 127 heavy (non-hydrogen) atoms. The Morgan fingerprint density at radius 3 is 0.835 bits per heavy atom. The number of benzene rings is 8. The van der Waals surface area contributed by atoms with Gasteiger partial charge in [-0.3, -0.25) is 4.55 Å². The molecule has 35 heteroatoms. The molecule has 14 rings (SSSR count). The van der Waals surface area contributed by atoms with E-state index in [4.69, 9.17) is 27.1 Å². The molecule has 8 aromatic rings. The Labute approximate surface area is 744 Å². The van der Waals surface area contributed by atoms with Gasteiger partial charge in [0.05, 0.1) is 53.1 Å². The monoisotopic (exact) mass is 1910 g/mol. The summed E-state index contributed by atoms with van der Waals surface area (Å²) >= 11 is 0. The molecule has 17 nitrogen and oxygen atoms in total. The number of ether oxygens (including phenoxy) is 3. The van der Waals surface area contributed by atoms with Crippen LogP contribution in [-0.4, -0.2) is 95.2 Å². The Kier molecular flexibility index (Phi) is 34.0. The largest absolute Gasteiger partial charge is 0.497 e. The molecule has 8 aromatic carbocycles. The normalized spacial score (nSPS) is 17.6. The lowest BCUT2D eigenvalue weighted by molar-refractivity contribution is -0.247. The van der Waals surface area contributed by atoms with E-state index in [1.54, 1.807) is 69.9 Å². The van der Waals surface area contributed by atoms with E-state index < -0.39 is 88.1 Å². The van der Waals surface area contributed by atoms with Crippen molar-refractivity contribution in [1.29, 1.82) is 0 Å². The third-order valence-corrected chi connectivity index (χ3v) is 35.5. The van der Waals surface area contributed by atoms with Crippen LogP contribution >= 0.6 is 0 Å². The van der Waals surface area contributed by atoms with Crippen molar-refractivity contribution >= 4 is 72.2 Å². The van der Waals surface area contributed by atoms with Crippen LogP contribution in [0.2, 0.25) is 0 Å². The van der Waals surface area contributed by atoms with Crippen molar-refractivity contribution in [2.45, 2.75) is 279 Å². The molecule has 0 aromatic heterocycles. The average Bonchev–Trinajstić information content (AvgIpc) is 0.720. The van der Waals surface area contributed by atoms with Gasteiger partial charge in [0, 0.05) is 24.5 Å². The number of sulfonamides is 2. The first-order valence-corrected chi connectivity index (χ1v) is 52.7. The summed E-state index contributed by atoms with van der Waals surface area (Å²) in [5, 5.41) is -13.5. The van der Waals surface area contributed by atoms with Crippen molar-refractivity contribution in [3.8, 4) is 28.7 Å².